The minimum absolute atomic E-state index is 0.000802. The summed E-state index contributed by atoms with van der Waals surface area (Å²) >= 11 is 0. The zero-order chi connectivity index (χ0) is 12.8. The Bertz CT molecular complexity index is 258. The first-order chi connectivity index (χ1) is 7.35. The summed E-state index contributed by atoms with van der Waals surface area (Å²) < 4.78 is 41.7. The van der Waals surface area contributed by atoms with Crippen LogP contribution in [-0.2, 0) is 19.1 Å². The highest BCUT2D eigenvalue weighted by atomic mass is 19.3. The molecule has 0 heterocycles. The van der Waals surface area contributed by atoms with E-state index in [1.54, 1.807) is 0 Å². The van der Waals surface area contributed by atoms with Crippen LogP contribution in [0.4, 0.5) is 8.78 Å². The van der Waals surface area contributed by atoms with Gasteiger partial charge in [0.05, 0.1) is 19.6 Å². The molecule has 0 aliphatic carbocycles. The maximum Gasteiger partial charge on any atom is 0.376 e. The first-order valence-electron chi connectivity index (χ1n) is 5.06. The first kappa shape index (κ1) is 11.9. The van der Waals surface area contributed by atoms with Crippen LogP contribution in [0.5, 0.6) is 0 Å². The van der Waals surface area contributed by atoms with Gasteiger partial charge in [-0.2, -0.15) is 8.78 Å². The number of hydrogen-bond donors (Lipinski definition) is 0. The molecule has 0 aromatic heterocycles. The van der Waals surface area contributed by atoms with Gasteiger partial charge in [0.2, 0.25) is 0 Å². The number of hydrogen-bond acceptors (Lipinski definition) is 4. The van der Waals surface area contributed by atoms with Crippen LogP contribution >= 0.6 is 0 Å². The fourth-order valence-electron chi connectivity index (χ4n) is 0.733. The van der Waals surface area contributed by atoms with E-state index < -0.39 is 30.7 Å². The van der Waals surface area contributed by atoms with E-state index in [0.29, 0.717) is 0 Å². The van der Waals surface area contributed by atoms with Gasteiger partial charge in [0.1, 0.15) is 0 Å². The second-order valence-electron chi connectivity index (χ2n) is 2.59. The molecule has 0 fully saturated rings. The number of carbonyl (C=O) groups excluding carboxylic acids is 2. The van der Waals surface area contributed by atoms with Crippen LogP contribution in [0.2, 0.25) is 0 Å². The van der Waals surface area contributed by atoms with Crippen molar-refractivity contribution >= 4 is 11.9 Å². The third kappa shape index (κ3) is 5.29. The maximum atomic E-state index is 13.1. The summed E-state index contributed by atoms with van der Waals surface area (Å²) in [5, 5.41) is 0. The van der Waals surface area contributed by atoms with Crippen LogP contribution in [0, 0.1) is 0 Å². The SMILES string of the molecule is [2H]C(CC(F)(F)C(=O)OCC)C(=O)OCC. The summed E-state index contributed by atoms with van der Waals surface area (Å²) in [6.45, 7) is 2.70. The summed E-state index contributed by atoms with van der Waals surface area (Å²) in [6, 6.07) is 0. The number of rotatable bonds is 6. The number of alkyl halides is 2. The van der Waals surface area contributed by atoms with Crippen molar-refractivity contribution in [3.63, 3.8) is 0 Å². The van der Waals surface area contributed by atoms with Gasteiger partial charge in [0.25, 0.3) is 0 Å². The van der Waals surface area contributed by atoms with Crippen molar-refractivity contribution in [2.75, 3.05) is 13.2 Å². The Labute approximate surface area is 87.9 Å². The molecule has 0 aliphatic rings. The highest BCUT2D eigenvalue weighted by Gasteiger charge is 2.40. The van der Waals surface area contributed by atoms with Crippen molar-refractivity contribution in [3.05, 3.63) is 0 Å². The molecule has 0 saturated heterocycles. The lowest BCUT2D eigenvalue weighted by molar-refractivity contribution is -0.173. The highest BCUT2D eigenvalue weighted by Crippen LogP contribution is 2.22. The predicted octanol–water partition coefficient (Wildman–Crippen LogP) is 1.53. The van der Waals surface area contributed by atoms with Gasteiger partial charge in [-0.3, -0.25) is 4.79 Å². The zero-order valence-electron chi connectivity index (χ0n) is 9.59. The summed E-state index contributed by atoms with van der Waals surface area (Å²) in [6.07, 6.45) is -3.02. The second-order valence-corrected chi connectivity index (χ2v) is 2.59. The van der Waals surface area contributed by atoms with Gasteiger partial charge < -0.3 is 9.47 Å². The van der Waals surface area contributed by atoms with Crippen LogP contribution < -0.4 is 0 Å². The highest BCUT2D eigenvalue weighted by molar-refractivity contribution is 5.78. The van der Waals surface area contributed by atoms with Crippen molar-refractivity contribution in [2.24, 2.45) is 0 Å². The molecule has 88 valence electrons. The fraction of sp³-hybridized carbons (Fsp3) is 0.778. The summed E-state index contributed by atoms with van der Waals surface area (Å²) in [4.78, 5) is 21.7. The minimum atomic E-state index is -3.84. The quantitative estimate of drug-likeness (QED) is 0.643. The van der Waals surface area contributed by atoms with Crippen molar-refractivity contribution in [3.8, 4) is 0 Å². The van der Waals surface area contributed by atoms with Gasteiger partial charge in [0.15, 0.2) is 0 Å². The van der Waals surface area contributed by atoms with Crippen LogP contribution in [0.25, 0.3) is 0 Å². The van der Waals surface area contributed by atoms with Crippen LogP contribution in [-0.4, -0.2) is 31.1 Å². The molecule has 0 amide bonds. The van der Waals surface area contributed by atoms with Crippen LogP contribution in [0.3, 0.4) is 0 Å². The van der Waals surface area contributed by atoms with Crippen molar-refractivity contribution in [1.29, 1.82) is 0 Å². The van der Waals surface area contributed by atoms with E-state index in [0.717, 1.165) is 0 Å². The Morgan fingerprint density at radius 3 is 2.27 bits per heavy atom. The average molecular weight is 225 g/mol. The largest absolute Gasteiger partial charge is 0.466 e. The molecule has 0 spiro atoms. The third-order valence-electron chi connectivity index (χ3n) is 1.39. The molecule has 0 rings (SSSR count). The van der Waals surface area contributed by atoms with Crippen molar-refractivity contribution in [2.45, 2.75) is 32.6 Å². The first-order valence-corrected chi connectivity index (χ1v) is 4.49. The minimum Gasteiger partial charge on any atom is -0.466 e. The smallest absolute Gasteiger partial charge is 0.376 e. The molecule has 0 aliphatic heterocycles. The Balaban J connectivity index is 4.34. The molecule has 0 saturated carbocycles. The van der Waals surface area contributed by atoms with Gasteiger partial charge >= 0.3 is 17.9 Å². The number of esters is 2. The molecule has 15 heavy (non-hydrogen) atoms. The maximum absolute atomic E-state index is 13.1. The van der Waals surface area contributed by atoms with Gasteiger partial charge in [-0.15, -0.1) is 0 Å². The monoisotopic (exact) mass is 225 g/mol. The lowest BCUT2D eigenvalue weighted by atomic mass is 10.2. The Morgan fingerprint density at radius 1 is 1.27 bits per heavy atom. The molecule has 0 aromatic rings. The molecule has 0 aromatic carbocycles. The third-order valence-corrected chi connectivity index (χ3v) is 1.39. The second kappa shape index (κ2) is 6.31. The Morgan fingerprint density at radius 2 is 1.80 bits per heavy atom. The zero-order valence-corrected chi connectivity index (χ0v) is 8.59. The summed E-state index contributed by atoms with van der Waals surface area (Å²) in [7, 11) is 0. The van der Waals surface area contributed by atoms with Gasteiger partial charge in [-0.1, -0.05) is 0 Å². The van der Waals surface area contributed by atoms with Gasteiger partial charge in [-0.25, -0.2) is 4.79 Å². The normalized spacial score (nSPS) is 14.0. The molecule has 0 bridgehead atoms. The summed E-state index contributed by atoms with van der Waals surface area (Å²) in [5.41, 5.74) is 0. The van der Waals surface area contributed by atoms with Gasteiger partial charge in [-0.05, 0) is 13.8 Å². The number of carbonyl (C=O) groups is 2. The van der Waals surface area contributed by atoms with E-state index in [4.69, 9.17) is 1.37 Å². The van der Waals surface area contributed by atoms with Crippen molar-refractivity contribution < 1.29 is 29.2 Å². The van der Waals surface area contributed by atoms with Crippen molar-refractivity contribution in [1.82, 2.24) is 0 Å². The van der Waals surface area contributed by atoms with E-state index in [9.17, 15) is 18.4 Å². The molecule has 0 N–H and O–H groups in total. The summed E-state index contributed by atoms with van der Waals surface area (Å²) in [5.74, 6) is -6.64. The van der Waals surface area contributed by atoms with Crippen LogP contribution in [0.1, 0.15) is 28.0 Å². The Hall–Kier alpha value is -1.20. The van der Waals surface area contributed by atoms with E-state index in [1.165, 1.54) is 13.8 Å². The Kier molecular flexibility index (Phi) is 5.00. The molecule has 0 radical (unpaired) electrons. The standard InChI is InChI=1S/C9H14F2O4/c1-3-14-7(12)5-6-9(10,11)8(13)15-4-2/h3-6H2,1-2H3/i5D. The average Bonchev–Trinajstić information content (AvgIpc) is 2.17. The van der Waals surface area contributed by atoms with Gasteiger partial charge in [0, 0.05) is 7.79 Å². The van der Waals surface area contributed by atoms with E-state index in [-0.39, 0.29) is 13.2 Å². The lowest BCUT2D eigenvalue weighted by Gasteiger charge is -2.13. The number of ether oxygens (including phenoxy) is 2. The molecular formula is C9H14F2O4. The molecular weight excluding hydrogens is 210 g/mol. The van der Waals surface area contributed by atoms with E-state index in [1.807, 2.05) is 0 Å². The van der Waals surface area contributed by atoms with E-state index in [2.05, 4.69) is 9.47 Å². The fourth-order valence-corrected chi connectivity index (χ4v) is 0.733. The van der Waals surface area contributed by atoms with Crippen LogP contribution in [0.15, 0.2) is 0 Å². The lowest BCUT2D eigenvalue weighted by Crippen LogP contribution is -2.31. The topological polar surface area (TPSA) is 52.6 Å². The van der Waals surface area contributed by atoms with E-state index >= 15 is 0 Å². The molecule has 1 unspecified atom stereocenters. The molecule has 4 nitrogen and oxygen atoms in total. The number of halogens is 2. The predicted molar refractivity (Wildman–Crippen MR) is 47.4 cm³/mol. The molecule has 1 atom stereocenters. The molecule has 6 heteroatoms.